The lowest BCUT2D eigenvalue weighted by atomic mass is 9.96. The molecule has 0 N–H and O–H groups in total. The molecule has 156 valence electrons. The van der Waals surface area contributed by atoms with Crippen LogP contribution in [0.5, 0.6) is 5.75 Å². The zero-order chi connectivity index (χ0) is 20.8. The van der Waals surface area contributed by atoms with Crippen molar-refractivity contribution in [2.75, 3.05) is 26.8 Å². The molecular formula is C20H27N5O4. The van der Waals surface area contributed by atoms with E-state index in [4.69, 9.17) is 9.47 Å². The molecule has 2 atom stereocenters. The fourth-order valence-electron chi connectivity index (χ4n) is 3.67. The first-order valence-electron chi connectivity index (χ1n) is 9.86. The van der Waals surface area contributed by atoms with Crippen molar-refractivity contribution in [1.82, 2.24) is 25.1 Å². The quantitative estimate of drug-likeness (QED) is 0.649. The van der Waals surface area contributed by atoms with Gasteiger partial charge in [-0.1, -0.05) is 12.1 Å². The van der Waals surface area contributed by atoms with Gasteiger partial charge in [-0.15, -0.1) is 5.10 Å². The van der Waals surface area contributed by atoms with Crippen molar-refractivity contribution in [3.8, 4) is 5.75 Å². The smallest absolute Gasteiger partial charge is 0.310 e. The van der Waals surface area contributed by atoms with Crippen LogP contribution in [-0.2, 0) is 20.7 Å². The summed E-state index contributed by atoms with van der Waals surface area (Å²) in [6.45, 7) is 4.85. The van der Waals surface area contributed by atoms with Gasteiger partial charge in [-0.3, -0.25) is 9.59 Å². The molecule has 9 nitrogen and oxygen atoms in total. The minimum atomic E-state index is -0.599. The number of amides is 1. The molecule has 2 heterocycles. The Morgan fingerprint density at radius 3 is 2.86 bits per heavy atom. The highest BCUT2D eigenvalue weighted by molar-refractivity contribution is 5.82. The first-order chi connectivity index (χ1) is 14.0. The van der Waals surface area contributed by atoms with Gasteiger partial charge < -0.3 is 14.4 Å². The predicted molar refractivity (Wildman–Crippen MR) is 104 cm³/mol. The third-order valence-electron chi connectivity index (χ3n) is 5.15. The van der Waals surface area contributed by atoms with Crippen LogP contribution in [0.3, 0.4) is 0 Å². The summed E-state index contributed by atoms with van der Waals surface area (Å²) in [6.07, 6.45) is 1.91. The van der Waals surface area contributed by atoms with Gasteiger partial charge in [-0.25, -0.2) is 4.68 Å². The normalized spacial score (nSPS) is 17.6. The highest BCUT2D eigenvalue weighted by atomic mass is 16.5. The predicted octanol–water partition coefficient (Wildman–Crippen LogP) is 1.58. The van der Waals surface area contributed by atoms with E-state index in [1.807, 2.05) is 24.3 Å². The van der Waals surface area contributed by atoms with Gasteiger partial charge >= 0.3 is 5.97 Å². The Hall–Kier alpha value is -2.97. The number of rotatable bonds is 7. The number of hydrogen-bond acceptors (Lipinski definition) is 7. The molecule has 1 saturated heterocycles. The van der Waals surface area contributed by atoms with E-state index >= 15 is 0 Å². The standard InChI is InChI=1S/C20H27N5O4/c1-4-29-20(27)16-8-6-10-24(13-16)19(26)18(25-14(2)21-22-23-25)12-15-7-5-9-17(11-15)28-3/h5,7,9,11,16,18H,4,6,8,10,12-13H2,1-3H3. The second-order valence-corrected chi connectivity index (χ2v) is 7.12. The Bertz CT molecular complexity index is 853. The number of nitrogens with zero attached hydrogens (tertiary/aromatic N) is 5. The van der Waals surface area contributed by atoms with E-state index in [9.17, 15) is 9.59 Å². The number of carbonyl (C=O) groups excluding carboxylic acids is 2. The van der Waals surface area contributed by atoms with Crippen molar-refractivity contribution < 1.29 is 19.1 Å². The zero-order valence-corrected chi connectivity index (χ0v) is 17.1. The molecule has 0 bridgehead atoms. The second-order valence-electron chi connectivity index (χ2n) is 7.12. The van der Waals surface area contributed by atoms with E-state index in [-0.39, 0.29) is 17.8 Å². The van der Waals surface area contributed by atoms with Crippen molar-refractivity contribution in [3.63, 3.8) is 0 Å². The molecule has 1 aromatic heterocycles. The monoisotopic (exact) mass is 401 g/mol. The highest BCUT2D eigenvalue weighted by Gasteiger charge is 2.34. The summed E-state index contributed by atoms with van der Waals surface area (Å²) in [6, 6.07) is 6.99. The molecule has 0 radical (unpaired) electrons. The number of tetrazole rings is 1. The summed E-state index contributed by atoms with van der Waals surface area (Å²) in [5.41, 5.74) is 0.941. The van der Waals surface area contributed by atoms with Crippen LogP contribution >= 0.6 is 0 Å². The molecule has 0 aliphatic carbocycles. The number of esters is 1. The Kier molecular flexibility index (Phi) is 6.79. The number of methoxy groups -OCH3 is 1. The van der Waals surface area contributed by atoms with Crippen molar-refractivity contribution in [2.45, 2.75) is 39.2 Å². The molecule has 1 aliphatic rings. The summed E-state index contributed by atoms with van der Waals surface area (Å²) in [7, 11) is 1.61. The summed E-state index contributed by atoms with van der Waals surface area (Å²) in [4.78, 5) is 27.4. The van der Waals surface area contributed by atoms with Gasteiger partial charge in [-0.2, -0.15) is 0 Å². The Balaban J connectivity index is 1.83. The number of carbonyl (C=O) groups is 2. The number of benzene rings is 1. The average Bonchev–Trinajstić information content (AvgIpc) is 3.17. The lowest BCUT2D eigenvalue weighted by Gasteiger charge is -2.34. The molecule has 3 rings (SSSR count). The third kappa shape index (κ3) is 4.90. The minimum Gasteiger partial charge on any atom is -0.497 e. The molecule has 1 aliphatic heterocycles. The molecule has 1 aromatic carbocycles. The maximum atomic E-state index is 13.5. The van der Waals surface area contributed by atoms with Crippen LogP contribution in [0.4, 0.5) is 0 Å². The minimum absolute atomic E-state index is 0.0998. The molecule has 0 saturated carbocycles. The molecule has 2 aromatic rings. The van der Waals surface area contributed by atoms with Crippen molar-refractivity contribution >= 4 is 11.9 Å². The lowest BCUT2D eigenvalue weighted by Crippen LogP contribution is -2.46. The van der Waals surface area contributed by atoms with Gasteiger partial charge in [0.1, 0.15) is 17.6 Å². The molecule has 1 fully saturated rings. The highest BCUT2D eigenvalue weighted by Crippen LogP contribution is 2.24. The van der Waals surface area contributed by atoms with Crippen molar-refractivity contribution in [1.29, 1.82) is 0 Å². The largest absolute Gasteiger partial charge is 0.497 e. The van der Waals surface area contributed by atoms with Crippen molar-refractivity contribution in [3.05, 3.63) is 35.7 Å². The fraction of sp³-hybridized carbons (Fsp3) is 0.550. The van der Waals surface area contributed by atoms with Crippen LogP contribution in [0, 0.1) is 12.8 Å². The summed E-state index contributed by atoms with van der Waals surface area (Å²) in [5.74, 6) is 0.651. The van der Waals surface area contributed by atoms with E-state index in [1.165, 1.54) is 0 Å². The fourth-order valence-corrected chi connectivity index (χ4v) is 3.67. The van der Waals surface area contributed by atoms with Gasteiger partial charge in [0.05, 0.1) is 19.6 Å². The van der Waals surface area contributed by atoms with Crippen LogP contribution in [0.1, 0.15) is 37.2 Å². The molecule has 2 unspecified atom stereocenters. The van der Waals surface area contributed by atoms with Gasteiger partial charge in [0.2, 0.25) is 5.91 Å². The van der Waals surface area contributed by atoms with E-state index in [0.29, 0.717) is 31.9 Å². The van der Waals surface area contributed by atoms with Crippen LogP contribution in [0.15, 0.2) is 24.3 Å². The first kappa shape index (κ1) is 20.8. The second kappa shape index (κ2) is 9.49. The Morgan fingerprint density at radius 1 is 1.34 bits per heavy atom. The first-order valence-corrected chi connectivity index (χ1v) is 9.86. The van der Waals surface area contributed by atoms with Crippen LogP contribution in [0.25, 0.3) is 0 Å². The van der Waals surface area contributed by atoms with Crippen molar-refractivity contribution in [2.24, 2.45) is 5.92 Å². The van der Waals surface area contributed by atoms with Gasteiger partial charge in [0.25, 0.3) is 0 Å². The lowest BCUT2D eigenvalue weighted by molar-refractivity contribution is -0.151. The van der Waals surface area contributed by atoms with E-state index in [2.05, 4.69) is 15.5 Å². The average molecular weight is 401 g/mol. The van der Waals surface area contributed by atoms with E-state index in [0.717, 1.165) is 24.2 Å². The van der Waals surface area contributed by atoms with Gasteiger partial charge in [-0.05, 0) is 54.8 Å². The number of likely N-dealkylation sites (tertiary alicyclic amines) is 1. The SMILES string of the molecule is CCOC(=O)C1CCCN(C(=O)C(Cc2cccc(OC)c2)n2nnnc2C)C1. The number of hydrogen-bond donors (Lipinski definition) is 0. The summed E-state index contributed by atoms with van der Waals surface area (Å²) >= 11 is 0. The molecule has 9 heteroatoms. The number of piperidine rings is 1. The summed E-state index contributed by atoms with van der Waals surface area (Å²) in [5, 5.41) is 11.7. The number of aryl methyl sites for hydroxylation is 1. The van der Waals surface area contributed by atoms with E-state index < -0.39 is 6.04 Å². The van der Waals surface area contributed by atoms with Crippen LogP contribution < -0.4 is 4.74 Å². The summed E-state index contributed by atoms with van der Waals surface area (Å²) < 4.78 is 12.0. The number of aromatic nitrogens is 4. The molecule has 0 spiro atoms. The maximum Gasteiger partial charge on any atom is 0.310 e. The maximum absolute atomic E-state index is 13.5. The third-order valence-corrected chi connectivity index (χ3v) is 5.15. The molecular weight excluding hydrogens is 374 g/mol. The number of ether oxygens (including phenoxy) is 2. The van der Waals surface area contributed by atoms with Gasteiger partial charge in [0, 0.05) is 19.5 Å². The Morgan fingerprint density at radius 2 is 2.17 bits per heavy atom. The molecule has 1 amide bonds. The topological polar surface area (TPSA) is 99.4 Å². The Labute approximate surface area is 170 Å². The zero-order valence-electron chi connectivity index (χ0n) is 17.1. The molecule has 29 heavy (non-hydrogen) atoms. The van der Waals surface area contributed by atoms with E-state index in [1.54, 1.807) is 30.5 Å². The van der Waals surface area contributed by atoms with Crippen LogP contribution in [-0.4, -0.2) is 63.8 Å². The van der Waals surface area contributed by atoms with Gasteiger partial charge in [0.15, 0.2) is 0 Å². The van der Waals surface area contributed by atoms with Crippen LogP contribution in [0.2, 0.25) is 0 Å².